The van der Waals surface area contributed by atoms with Crippen LogP contribution in [-0.2, 0) is 6.54 Å². The van der Waals surface area contributed by atoms with Crippen molar-refractivity contribution in [3.8, 4) is 0 Å². The van der Waals surface area contributed by atoms with Gasteiger partial charge in [-0.3, -0.25) is 4.68 Å². The van der Waals surface area contributed by atoms with E-state index >= 15 is 0 Å². The number of benzene rings is 1. The number of hydrogen-bond acceptors (Lipinski definition) is 3. The fourth-order valence-electron chi connectivity index (χ4n) is 3.16. The minimum Gasteiger partial charge on any atom is -0.478 e. The molecule has 0 aliphatic heterocycles. The molecule has 1 heterocycles. The quantitative estimate of drug-likeness (QED) is 0.881. The average molecular weight is 317 g/mol. The Morgan fingerprint density at radius 1 is 1.39 bits per heavy atom. The number of halogens is 1. The predicted octanol–water partition coefficient (Wildman–Crippen LogP) is 3.76. The maximum Gasteiger partial charge on any atom is 0.338 e. The molecule has 0 atom stereocenters. The highest BCUT2D eigenvalue weighted by molar-refractivity contribution is 5.89. The van der Waals surface area contributed by atoms with Crippen molar-refractivity contribution >= 4 is 11.7 Å². The fourth-order valence-corrected chi connectivity index (χ4v) is 3.16. The third-order valence-electron chi connectivity index (χ3n) is 4.28. The molecule has 0 unspecified atom stereocenters. The lowest BCUT2D eigenvalue weighted by Crippen LogP contribution is -2.13. The number of nitrogens with zero attached hydrogens (tertiary/aromatic N) is 2. The SMILES string of the molecule is Cc1cc(CNc2ccc(F)c(C(=O)O)c2)n(C2CCCC2)n1. The van der Waals surface area contributed by atoms with Gasteiger partial charge in [0.15, 0.2) is 0 Å². The van der Waals surface area contributed by atoms with Gasteiger partial charge in [-0.15, -0.1) is 0 Å². The lowest BCUT2D eigenvalue weighted by molar-refractivity contribution is 0.0692. The number of aromatic carboxylic acids is 1. The molecule has 5 nitrogen and oxygen atoms in total. The number of carbonyl (C=O) groups is 1. The summed E-state index contributed by atoms with van der Waals surface area (Å²) < 4.78 is 15.5. The number of aryl methyl sites for hydroxylation is 1. The second kappa shape index (κ2) is 6.40. The molecule has 122 valence electrons. The molecule has 2 aromatic rings. The van der Waals surface area contributed by atoms with Gasteiger partial charge in [0, 0.05) is 5.69 Å². The molecule has 1 aromatic heterocycles. The van der Waals surface area contributed by atoms with Gasteiger partial charge >= 0.3 is 5.97 Å². The van der Waals surface area contributed by atoms with Crippen LogP contribution in [0.15, 0.2) is 24.3 Å². The minimum absolute atomic E-state index is 0.324. The number of carboxylic acids is 1. The van der Waals surface area contributed by atoms with E-state index in [0.717, 1.165) is 24.2 Å². The summed E-state index contributed by atoms with van der Waals surface area (Å²) in [4.78, 5) is 11.0. The van der Waals surface area contributed by atoms with Crippen molar-refractivity contribution < 1.29 is 14.3 Å². The number of anilines is 1. The van der Waals surface area contributed by atoms with E-state index in [-0.39, 0.29) is 5.56 Å². The summed E-state index contributed by atoms with van der Waals surface area (Å²) in [5.41, 5.74) is 2.30. The minimum atomic E-state index is -1.27. The van der Waals surface area contributed by atoms with Crippen molar-refractivity contribution in [1.82, 2.24) is 9.78 Å². The zero-order valence-corrected chi connectivity index (χ0v) is 13.1. The van der Waals surface area contributed by atoms with E-state index in [1.54, 1.807) is 6.07 Å². The van der Waals surface area contributed by atoms with Gasteiger partial charge < -0.3 is 10.4 Å². The van der Waals surface area contributed by atoms with Crippen LogP contribution in [-0.4, -0.2) is 20.9 Å². The summed E-state index contributed by atoms with van der Waals surface area (Å²) in [6.45, 7) is 2.50. The monoisotopic (exact) mass is 317 g/mol. The summed E-state index contributed by atoms with van der Waals surface area (Å²) in [5.74, 6) is -1.99. The Hall–Kier alpha value is -2.37. The Labute approximate surface area is 134 Å². The molecular weight excluding hydrogens is 297 g/mol. The largest absolute Gasteiger partial charge is 0.478 e. The Bertz CT molecular complexity index is 721. The Morgan fingerprint density at radius 3 is 2.83 bits per heavy atom. The number of carboxylic acid groups (broad SMARTS) is 1. The van der Waals surface area contributed by atoms with Crippen LogP contribution in [0, 0.1) is 12.7 Å². The van der Waals surface area contributed by atoms with E-state index < -0.39 is 11.8 Å². The second-order valence-corrected chi connectivity index (χ2v) is 6.01. The van der Waals surface area contributed by atoms with Gasteiger partial charge in [-0.25, -0.2) is 9.18 Å². The summed E-state index contributed by atoms with van der Waals surface area (Å²) in [6, 6.07) is 6.52. The number of hydrogen-bond donors (Lipinski definition) is 2. The first-order chi connectivity index (χ1) is 11.0. The van der Waals surface area contributed by atoms with Crippen molar-refractivity contribution in [2.24, 2.45) is 0 Å². The highest BCUT2D eigenvalue weighted by Crippen LogP contribution is 2.30. The highest BCUT2D eigenvalue weighted by atomic mass is 19.1. The van der Waals surface area contributed by atoms with Gasteiger partial charge in [0.1, 0.15) is 5.82 Å². The van der Waals surface area contributed by atoms with Crippen molar-refractivity contribution in [2.45, 2.75) is 45.2 Å². The first-order valence-electron chi connectivity index (χ1n) is 7.86. The van der Waals surface area contributed by atoms with Crippen molar-refractivity contribution in [1.29, 1.82) is 0 Å². The van der Waals surface area contributed by atoms with Gasteiger partial charge in [0.05, 0.1) is 29.5 Å². The molecule has 0 saturated heterocycles. The molecule has 1 fully saturated rings. The van der Waals surface area contributed by atoms with E-state index in [1.165, 1.54) is 25.0 Å². The molecule has 1 aliphatic carbocycles. The molecule has 0 bridgehead atoms. The summed E-state index contributed by atoms with van der Waals surface area (Å²) in [7, 11) is 0. The molecular formula is C17H20FN3O2. The van der Waals surface area contributed by atoms with Crippen molar-refractivity contribution in [2.75, 3.05) is 5.32 Å². The summed E-state index contributed by atoms with van der Waals surface area (Å²) in [6.07, 6.45) is 4.76. The van der Waals surface area contributed by atoms with E-state index in [0.29, 0.717) is 18.3 Å². The average Bonchev–Trinajstić information content (AvgIpc) is 3.15. The molecule has 6 heteroatoms. The van der Waals surface area contributed by atoms with Crippen molar-refractivity contribution in [3.05, 3.63) is 47.0 Å². The summed E-state index contributed by atoms with van der Waals surface area (Å²) >= 11 is 0. The van der Waals surface area contributed by atoms with Crippen molar-refractivity contribution in [3.63, 3.8) is 0 Å². The van der Waals surface area contributed by atoms with Crippen LogP contribution in [0.25, 0.3) is 0 Å². The van der Waals surface area contributed by atoms with Crippen LogP contribution >= 0.6 is 0 Å². The first-order valence-corrected chi connectivity index (χ1v) is 7.86. The zero-order chi connectivity index (χ0) is 16.4. The molecule has 1 aromatic carbocycles. The Morgan fingerprint density at radius 2 is 2.13 bits per heavy atom. The van der Waals surface area contributed by atoms with E-state index in [2.05, 4.69) is 15.1 Å². The van der Waals surface area contributed by atoms with E-state index in [1.807, 2.05) is 13.0 Å². The number of rotatable bonds is 5. The number of nitrogens with one attached hydrogen (secondary N) is 1. The molecule has 1 aliphatic rings. The van der Waals surface area contributed by atoms with Gasteiger partial charge in [0.2, 0.25) is 0 Å². The van der Waals surface area contributed by atoms with Gasteiger partial charge in [0.25, 0.3) is 0 Å². The predicted molar refractivity (Wildman–Crippen MR) is 85.2 cm³/mol. The van der Waals surface area contributed by atoms with E-state index in [9.17, 15) is 9.18 Å². The summed E-state index contributed by atoms with van der Waals surface area (Å²) in [5, 5.41) is 16.7. The molecule has 23 heavy (non-hydrogen) atoms. The fraction of sp³-hybridized carbons (Fsp3) is 0.412. The number of aromatic nitrogens is 2. The van der Waals surface area contributed by atoms with Crippen LogP contribution in [0.5, 0.6) is 0 Å². The lowest BCUT2D eigenvalue weighted by atomic mass is 10.2. The van der Waals surface area contributed by atoms with Gasteiger partial charge in [-0.2, -0.15) is 5.10 Å². The smallest absolute Gasteiger partial charge is 0.338 e. The third-order valence-corrected chi connectivity index (χ3v) is 4.28. The zero-order valence-electron chi connectivity index (χ0n) is 13.1. The van der Waals surface area contributed by atoms with Gasteiger partial charge in [-0.1, -0.05) is 12.8 Å². The maximum absolute atomic E-state index is 13.4. The molecule has 0 spiro atoms. The van der Waals surface area contributed by atoms with Crippen LogP contribution < -0.4 is 5.32 Å². The lowest BCUT2D eigenvalue weighted by Gasteiger charge is -2.15. The Balaban J connectivity index is 1.76. The molecule has 1 saturated carbocycles. The van der Waals surface area contributed by atoms with Crippen LogP contribution in [0.4, 0.5) is 10.1 Å². The second-order valence-electron chi connectivity index (χ2n) is 6.01. The molecule has 0 amide bonds. The third kappa shape index (κ3) is 3.36. The maximum atomic E-state index is 13.4. The van der Waals surface area contributed by atoms with Gasteiger partial charge in [-0.05, 0) is 44.0 Å². The van der Waals surface area contributed by atoms with E-state index in [4.69, 9.17) is 5.11 Å². The molecule has 3 rings (SSSR count). The standard InChI is InChI=1S/C17H20FN3O2/c1-11-8-14(21(20-11)13-4-2-3-5-13)10-19-12-6-7-16(18)15(9-12)17(22)23/h6-9,13,19H,2-5,10H2,1H3,(H,22,23). The topological polar surface area (TPSA) is 67.2 Å². The Kier molecular flexibility index (Phi) is 4.32. The first kappa shape index (κ1) is 15.5. The molecule has 2 N–H and O–H groups in total. The van der Waals surface area contributed by atoms with Crippen LogP contribution in [0.3, 0.4) is 0 Å². The normalized spacial score (nSPS) is 15.0. The van der Waals surface area contributed by atoms with Crippen LogP contribution in [0.2, 0.25) is 0 Å². The molecule has 0 radical (unpaired) electrons. The van der Waals surface area contributed by atoms with Crippen LogP contribution in [0.1, 0.15) is 53.5 Å². The highest BCUT2D eigenvalue weighted by Gasteiger charge is 2.20.